The topological polar surface area (TPSA) is 101 Å². The molecule has 2 aromatic carbocycles. The van der Waals surface area contributed by atoms with Gasteiger partial charge < -0.3 is 10.6 Å². The van der Waals surface area contributed by atoms with Crippen molar-refractivity contribution in [3.05, 3.63) is 82.7 Å². The zero-order valence-electron chi connectivity index (χ0n) is 19.3. The number of hydrogen-bond acceptors (Lipinski definition) is 6. The molecule has 0 fully saturated rings. The van der Waals surface area contributed by atoms with Gasteiger partial charge in [0.25, 0.3) is 11.7 Å². The molecule has 4 rings (SSSR count). The summed E-state index contributed by atoms with van der Waals surface area (Å²) in [6.45, 7) is 4.29. The van der Waals surface area contributed by atoms with Gasteiger partial charge in [-0.3, -0.25) is 9.59 Å². The monoisotopic (exact) mass is 474 g/mol. The van der Waals surface area contributed by atoms with Crippen molar-refractivity contribution in [2.75, 3.05) is 11.6 Å². The summed E-state index contributed by atoms with van der Waals surface area (Å²) < 4.78 is 1.72. The second-order valence-electron chi connectivity index (χ2n) is 7.83. The average Bonchev–Trinajstić information content (AvgIpc) is 3.26. The number of nitrogens with one attached hydrogen (secondary N) is 2. The highest BCUT2D eigenvalue weighted by Crippen LogP contribution is 2.19. The number of carbonyl (C=O) groups excluding carboxylic acids is 2. The Morgan fingerprint density at radius 3 is 2.50 bits per heavy atom. The Bertz CT molecular complexity index is 1340. The maximum Gasteiger partial charge on any atom is 0.253 e. The van der Waals surface area contributed by atoms with E-state index in [0.717, 1.165) is 22.5 Å². The van der Waals surface area contributed by atoms with Gasteiger partial charge in [-0.05, 0) is 49.8 Å². The maximum atomic E-state index is 12.8. The minimum atomic E-state index is -0.239. The SMILES string of the molecule is CSc1nc2nc(C)c(CCC(=O)Nc3ccccc3C(=O)NCc3ccccc3)c(C)n2n1. The molecule has 0 aliphatic carbocycles. The van der Waals surface area contributed by atoms with Gasteiger partial charge in [0.1, 0.15) is 0 Å². The number of fused-ring (bicyclic) bond motifs is 1. The predicted molar refractivity (Wildman–Crippen MR) is 133 cm³/mol. The highest BCUT2D eigenvalue weighted by Gasteiger charge is 2.16. The standard InChI is InChI=1S/C25H26N6O2S/c1-16-19(17(2)31-24(27-16)29-25(30-31)34-3)13-14-22(32)28-21-12-8-7-11-20(21)23(33)26-15-18-9-5-4-6-10-18/h4-12H,13-15H2,1-3H3,(H,26,33)(H,28,32). The van der Waals surface area contributed by atoms with Crippen molar-refractivity contribution in [3.63, 3.8) is 0 Å². The van der Waals surface area contributed by atoms with E-state index in [9.17, 15) is 9.59 Å². The molecule has 0 bridgehead atoms. The molecule has 4 aromatic rings. The first-order valence-electron chi connectivity index (χ1n) is 10.9. The highest BCUT2D eigenvalue weighted by atomic mass is 32.2. The van der Waals surface area contributed by atoms with E-state index in [2.05, 4.69) is 25.7 Å². The molecule has 2 heterocycles. The molecule has 2 aromatic heterocycles. The van der Waals surface area contributed by atoms with Crippen LogP contribution in [0.2, 0.25) is 0 Å². The van der Waals surface area contributed by atoms with Gasteiger partial charge in [-0.15, -0.1) is 5.10 Å². The Labute approximate surface area is 202 Å². The molecule has 174 valence electrons. The molecule has 34 heavy (non-hydrogen) atoms. The van der Waals surface area contributed by atoms with Crippen LogP contribution in [0.15, 0.2) is 59.8 Å². The van der Waals surface area contributed by atoms with Crippen LogP contribution in [-0.2, 0) is 17.8 Å². The second-order valence-corrected chi connectivity index (χ2v) is 8.61. The zero-order valence-corrected chi connectivity index (χ0v) is 20.1. The number of benzene rings is 2. The van der Waals surface area contributed by atoms with Gasteiger partial charge in [-0.1, -0.05) is 54.2 Å². The fourth-order valence-electron chi connectivity index (χ4n) is 3.75. The first-order valence-corrected chi connectivity index (χ1v) is 12.2. The third-order valence-electron chi connectivity index (χ3n) is 5.56. The molecule has 2 amide bonds. The molecule has 0 aliphatic rings. The van der Waals surface area contributed by atoms with Gasteiger partial charge in [0, 0.05) is 24.4 Å². The molecule has 0 saturated heterocycles. The first kappa shape index (κ1) is 23.4. The summed E-state index contributed by atoms with van der Waals surface area (Å²) in [6.07, 6.45) is 2.67. The van der Waals surface area contributed by atoms with Gasteiger partial charge in [0.15, 0.2) is 0 Å². The fraction of sp³-hybridized carbons (Fsp3) is 0.240. The number of para-hydroxylation sites is 1. The van der Waals surface area contributed by atoms with E-state index in [1.807, 2.05) is 50.4 Å². The molecule has 0 spiro atoms. The number of amides is 2. The molecule has 0 aliphatic heterocycles. The Balaban J connectivity index is 1.42. The quantitative estimate of drug-likeness (QED) is 0.375. The first-order chi connectivity index (χ1) is 16.5. The molecule has 0 unspecified atom stereocenters. The molecule has 2 N–H and O–H groups in total. The molecule has 0 radical (unpaired) electrons. The summed E-state index contributed by atoms with van der Waals surface area (Å²) in [7, 11) is 0. The van der Waals surface area contributed by atoms with E-state index < -0.39 is 0 Å². The number of hydrogen-bond donors (Lipinski definition) is 2. The van der Waals surface area contributed by atoms with E-state index >= 15 is 0 Å². The number of thioether (sulfide) groups is 1. The molecular formula is C25H26N6O2S. The average molecular weight is 475 g/mol. The van der Waals surface area contributed by atoms with E-state index in [1.54, 1.807) is 28.8 Å². The van der Waals surface area contributed by atoms with Crippen LogP contribution < -0.4 is 10.6 Å². The van der Waals surface area contributed by atoms with Crippen LogP contribution in [0.5, 0.6) is 0 Å². The minimum absolute atomic E-state index is 0.175. The molecule has 0 atom stereocenters. The van der Waals surface area contributed by atoms with Crippen molar-refractivity contribution < 1.29 is 9.59 Å². The number of rotatable bonds is 8. The lowest BCUT2D eigenvalue weighted by molar-refractivity contribution is -0.116. The summed E-state index contributed by atoms with van der Waals surface area (Å²) in [4.78, 5) is 34.5. The van der Waals surface area contributed by atoms with E-state index in [1.165, 1.54) is 11.8 Å². The van der Waals surface area contributed by atoms with Crippen molar-refractivity contribution >= 4 is 35.0 Å². The summed E-state index contributed by atoms with van der Waals surface area (Å²) in [5.74, 6) is 0.144. The normalized spacial score (nSPS) is 10.9. The van der Waals surface area contributed by atoms with E-state index in [-0.39, 0.29) is 18.2 Å². The highest BCUT2D eigenvalue weighted by molar-refractivity contribution is 7.98. The number of aromatic nitrogens is 4. The lowest BCUT2D eigenvalue weighted by atomic mass is 10.1. The van der Waals surface area contributed by atoms with E-state index in [4.69, 9.17) is 0 Å². The summed E-state index contributed by atoms with van der Waals surface area (Å²) >= 11 is 1.46. The van der Waals surface area contributed by atoms with Crippen LogP contribution in [0.1, 0.15) is 39.3 Å². The third-order valence-corrected chi connectivity index (χ3v) is 6.09. The Kier molecular flexibility index (Phi) is 7.22. The number of aryl methyl sites for hydroxylation is 2. The van der Waals surface area contributed by atoms with Gasteiger partial charge >= 0.3 is 0 Å². The predicted octanol–water partition coefficient (Wildman–Crippen LogP) is 3.96. The van der Waals surface area contributed by atoms with Crippen molar-refractivity contribution in [3.8, 4) is 0 Å². The van der Waals surface area contributed by atoms with Gasteiger partial charge in [0.2, 0.25) is 11.1 Å². The fourth-order valence-corrected chi connectivity index (χ4v) is 4.09. The van der Waals surface area contributed by atoms with Crippen LogP contribution in [-0.4, -0.2) is 37.7 Å². The van der Waals surface area contributed by atoms with Crippen molar-refractivity contribution in [2.24, 2.45) is 0 Å². The van der Waals surface area contributed by atoms with Crippen molar-refractivity contribution in [1.82, 2.24) is 24.9 Å². The molecule has 9 heteroatoms. The lowest BCUT2D eigenvalue weighted by Gasteiger charge is -2.13. The second kappa shape index (κ2) is 10.5. The van der Waals surface area contributed by atoms with Crippen LogP contribution in [0.25, 0.3) is 5.78 Å². The zero-order chi connectivity index (χ0) is 24.1. The number of carbonyl (C=O) groups is 2. The van der Waals surface area contributed by atoms with Gasteiger partial charge in [-0.2, -0.15) is 4.98 Å². The largest absolute Gasteiger partial charge is 0.348 e. The van der Waals surface area contributed by atoms with Crippen molar-refractivity contribution in [2.45, 2.75) is 38.4 Å². The summed E-state index contributed by atoms with van der Waals surface area (Å²) in [5, 5.41) is 10.9. The van der Waals surface area contributed by atoms with Gasteiger partial charge in [0.05, 0.1) is 11.3 Å². The van der Waals surface area contributed by atoms with Crippen molar-refractivity contribution in [1.29, 1.82) is 0 Å². The molecule has 8 nitrogen and oxygen atoms in total. The smallest absolute Gasteiger partial charge is 0.253 e. The van der Waals surface area contributed by atoms with E-state index in [0.29, 0.717) is 35.2 Å². The third kappa shape index (κ3) is 5.26. The summed E-state index contributed by atoms with van der Waals surface area (Å²) in [6, 6.07) is 16.7. The van der Waals surface area contributed by atoms with Crippen LogP contribution >= 0.6 is 11.8 Å². The Morgan fingerprint density at radius 2 is 1.74 bits per heavy atom. The molecule has 0 saturated carbocycles. The minimum Gasteiger partial charge on any atom is -0.348 e. The van der Waals surface area contributed by atoms with Crippen LogP contribution in [0.4, 0.5) is 5.69 Å². The lowest BCUT2D eigenvalue weighted by Crippen LogP contribution is -2.25. The van der Waals surface area contributed by atoms with Gasteiger partial charge in [-0.25, -0.2) is 9.50 Å². The number of anilines is 1. The van der Waals surface area contributed by atoms with Crippen LogP contribution in [0, 0.1) is 13.8 Å². The van der Waals surface area contributed by atoms with Crippen LogP contribution in [0.3, 0.4) is 0 Å². The Hall–Kier alpha value is -3.72. The summed E-state index contributed by atoms with van der Waals surface area (Å²) in [5.41, 5.74) is 4.64. The number of nitrogens with zero attached hydrogens (tertiary/aromatic N) is 4. The molecular weight excluding hydrogens is 448 g/mol. The maximum absolute atomic E-state index is 12.8. The Morgan fingerprint density at radius 1 is 1.00 bits per heavy atom.